The van der Waals surface area contributed by atoms with Gasteiger partial charge in [-0.15, -0.1) is 0 Å². The van der Waals surface area contributed by atoms with Gasteiger partial charge in [0.05, 0.1) is 12.9 Å². The fourth-order valence-corrected chi connectivity index (χ4v) is 5.72. The van der Waals surface area contributed by atoms with Crippen molar-refractivity contribution >= 4 is 11.8 Å². The Morgan fingerprint density at radius 2 is 1.91 bits per heavy atom. The quantitative estimate of drug-likeness (QED) is 0.868. The Morgan fingerprint density at radius 1 is 1.32 bits per heavy atom. The van der Waals surface area contributed by atoms with Crippen LogP contribution in [0.25, 0.3) is 0 Å². The minimum Gasteiger partial charge on any atom is -0.461 e. The summed E-state index contributed by atoms with van der Waals surface area (Å²) < 4.78 is 7.01. The third-order valence-electron chi connectivity index (χ3n) is 6.02. The molecule has 5 heteroatoms. The molecule has 0 saturated heterocycles. The molecule has 0 spiro atoms. The lowest BCUT2D eigenvalue weighted by Gasteiger charge is -2.57. The molecular weight excluding hydrogens is 278 g/mol. The summed E-state index contributed by atoms with van der Waals surface area (Å²) in [5.74, 6) is 2.81. The molecule has 1 aromatic heterocycles. The van der Waals surface area contributed by atoms with Crippen molar-refractivity contribution in [3.05, 3.63) is 12.0 Å². The monoisotopic (exact) mass is 303 g/mol. The number of carbonyl (C=O) groups excluding carboxylic acids is 1. The van der Waals surface area contributed by atoms with E-state index in [1.54, 1.807) is 13.3 Å². The zero-order valence-electron chi connectivity index (χ0n) is 13.3. The summed E-state index contributed by atoms with van der Waals surface area (Å²) in [4.78, 5) is 16.1. The van der Waals surface area contributed by atoms with Crippen LogP contribution in [-0.2, 0) is 11.3 Å². The number of hydrogen-bond acceptors (Lipinski definition) is 4. The van der Waals surface area contributed by atoms with E-state index in [2.05, 4.69) is 4.98 Å². The van der Waals surface area contributed by atoms with E-state index in [1.165, 1.54) is 38.5 Å². The minimum absolute atomic E-state index is 0.270. The van der Waals surface area contributed by atoms with Gasteiger partial charge in [0.1, 0.15) is 5.82 Å². The fourth-order valence-electron chi connectivity index (χ4n) is 5.72. The number of hydrogen-bond donors (Lipinski definition) is 1. The molecule has 0 aliphatic heterocycles. The average molecular weight is 303 g/mol. The van der Waals surface area contributed by atoms with Crippen LogP contribution < -0.4 is 5.73 Å². The summed E-state index contributed by atoms with van der Waals surface area (Å²) in [5, 5.41) is 0. The van der Waals surface area contributed by atoms with E-state index in [1.807, 2.05) is 4.57 Å². The maximum absolute atomic E-state index is 11.9. The molecule has 4 aliphatic rings. The second-order valence-corrected chi connectivity index (χ2v) is 7.74. The zero-order chi connectivity index (χ0) is 15.3. The molecule has 5 rings (SSSR count). The summed E-state index contributed by atoms with van der Waals surface area (Å²) in [5.41, 5.74) is 6.82. The first-order chi connectivity index (χ1) is 10.6. The summed E-state index contributed by atoms with van der Waals surface area (Å²) in [7, 11) is 0. The topological polar surface area (TPSA) is 70.1 Å². The maximum atomic E-state index is 11.9. The van der Waals surface area contributed by atoms with Gasteiger partial charge < -0.3 is 15.0 Å². The van der Waals surface area contributed by atoms with E-state index in [0.29, 0.717) is 17.8 Å². The normalized spacial score (nSPS) is 35.8. The highest BCUT2D eigenvalue weighted by molar-refractivity contribution is 5.92. The maximum Gasteiger partial charge on any atom is 0.360 e. The number of anilines is 1. The van der Waals surface area contributed by atoms with Crippen LogP contribution in [0.15, 0.2) is 6.33 Å². The van der Waals surface area contributed by atoms with Crippen molar-refractivity contribution in [2.45, 2.75) is 52.0 Å². The first kappa shape index (κ1) is 14.1. The summed E-state index contributed by atoms with van der Waals surface area (Å²) >= 11 is 0. The van der Waals surface area contributed by atoms with Gasteiger partial charge in [0.25, 0.3) is 0 Å². The van der Waals surface area contributed by atoms with Crippen molar-refractivity contribution in [3.63, 3.8) is 0 Å². The van der Waals surface area contributed by atoms with E-state index in [-0.39, 0.29) is 5.69 Å². The number of ether oxygens (including phenoxy) is 1. The van der Waals surface area contributed by atoms with Gasteiger partial charge in [0.2, 0.25) is 0 Å². The van der Waals surface area contributed by atoms with Gasteiger partial charge in [-0.2, -0.15) is 0 Å². The highest BCUT2D eigenvalue weighted by atomic mass is 16.5. The molecule has 2 N–H and O–H groups in total. The Hall–Kier alpha value is -1.52. The van der Waals surface area contributed by atoms with Crippen LogP contribution in [0.5, 0.6) is 0 Å². The first-order valence-electron chi connectivity index (χ1n) is 8.56. The van der Waals surface area contributed by atoms with Crippen LogP contribution in [0.4, 0.5) is 5.82 Å². The van der Waals surface area contributed by atoms with Crippen LogP contribution in [-0.4, -0.2) is 22.1 Å². The van der Waals surface area contributed by atoms with Crippen molar-refractivity contribution in [1.82, 2.24) is 9.55 Å². The molecule has 4 bridgehead atoms. The van der Waals surface area contributed by atoms with Gasteiger partial charge in [-0.1, -0.05) is 0 Å². The standard InChI is InChI=1S/C17H25N3O2/c1-2-22-16(21)14-15(18)20(10-19-14)9-17-6-11-3-12(7-17)5-13(4-11)8-17/h10-13H,2-9,18H2,1H3. The van der Waals surface area contributed by atoms with Crippen molar-refractivity contribution in [2.24, 2.45) is 23.2 Å². The Kier molecular flexibility index (Phi) is 3.20. The third kappa shape index (κ3) is 2.22. The van der Waals surface area contributed by atoms with E-state index in [4.69, 9.17) is 10.5 Å². The van der Waals surface area contributed by atoms with Crippen LogP contribution in [0.3, 0.4) is 0 Å². The zero-order valence-corrected chi connectivity index (χ0v) is 13.3. The van der Waals surface area contributed by atoms with E-state index in [9.17, 15) is 4.79 Å². The number of nitrogen functional groups attached to an aromatic ring is 1. The molecule has 4 fully saturated rings. The van der Waals surface area contributed by atoms with Crippen LogP contribution in [0.2, 0.25) is 0 Å². The number of nitrogens with zero attached hydrogens (tertiary/aromatic N) is 2. The average Bonchev–Trinajstić information content (AvgIpc) is 2.78. The van der Waals surface area contributed by atoms with E-state index in [0.717, 1.165) is 24.3 Å². The molecule has 22 heavy (non-hydrogen) atoms. The lowest BCUT2D eigenvalue weighted by molar-refractivity contribution is -0.0616. The molecule has 4 saturated carbocycles. The van der Waals surface area contributed by atoms with Gasteiger partial charge in [-0.05, 0) is 68.6 Å². The second-order valence-electron chi connectivity index (χ2n) is 7.74. The lowest BCUT2D eigenvalue weighted by atomic mass is 9.49. The number of aromatic nitrogens is 2. The predicted molar refractivity (Wildman–Crippen MR) is 83.2 cm³/mol. The molecule has 1 aromatic rings. The molecule has 5 nitrogen and oxygen atoms in total. The molecule has 0 unspecified atom stereocenters. The van der Waals surface area contributed by atoms with Gasteiger partial charge in [0.15, 0.2) is 5.69 Å². The number of imidazole rings is 1. The molecular formula is C17H25N3O2. The van der Waals surface area contributed by atoms with Crippen molar-refractivity contribution in [1.29, 1.82) is 0 Å². The van der Waals surface area contributed by atoms with Gasteiger partial charge in [-0.3, -0.25) is 0 Å². The lowest BCUT2D eigenvalue weighted by Crippen LogP contribution is -2.47. The Bertz CT molecular complexity index is 557. The molecule has 0 amide bonds. The van der Waals surface area contributed by atoms with Crippen molar-refractivity contribution in [2.75, 3.05) is 12.3 Å². The van der Waals surface area contributed by atoms with E-state index >= 15 is 0 Å². The third-order valence-corrected chi connectivity index (χ3v) is 6.02. The highest BCUT2D eigenvalue weighted by Gasteiger charge is 2.51. The van der Waals surface area contributed by atoms with Crippen LogP contribution in [0, 0.1) is 23.2 Å². The Morgan fingerprint density at radius 3 is 2.45 bits per heavy atom. The van der Waals surface area contributed by atoms with Gasteiger partial charge in [-0.25, -0.2) is 9.78 Å². The minimum atomic E-state index is -0.413. The predicted octanol–water partition coefficient (Wildman–Crippen LogP) is 2.86. The molecule has 120 valence electrons. The van der Waals surface area contributed by atoms with Gasteiger partial charge >= 0.3 is 5.97 Å². The largest absolute Gasteiger partial charge is 0.461 e. The Balaban J connectivity index is 1.55. The summed E-state index contributed by atoms with van der Waals surface area (Å²) in [6.45, 7) is 3.05. The SMILES string of the molecule is CCOC(=O)c1ncn(CC23CC4CC(CC(C4)C2)C3)c1N. The fraction of sp³-hybridized carbons (Fsp3) is 0.765. The second kappa shape index (κ2) is 5.00. The Labute approximate surface area is 131 Å². The summed E-state index contributed by atoms with van der Waals surface area (Å²) in [6, 6.07) is 0. The molecule has 4 aliphatic carbocycles. The molecule has 0 atom stereocenters. The number of nitrogens with two attached hydrogens (primary N) is 1. The highest BCUT2D eigenvalue weighted by Crippen LogP contribution is 2.60. The van der Waals surface area contributed by atoms with Crippen LogP contribution in [0.1, 0.15) is 55.9 Å². The van der Waals surface area contributed by atoms with Crippen LogP contribution >= 0.6 is 0 Å². The van der Waals surface area contributed by atoms with Crippen molar-refractivity contribution in [3.8, 4) is 0 Å². The summed E-state index contributed by atoms with van der Waals surface area (Å²) in [6.07, 6.45) is 10.0. The number of esters is 1. The van der Waals surface area contributed by atoms with E-state index < -0.39 is 5.97 Å². The first-order valence-corrected chi connectivity index (χ1v) is 8.56. The smallest absolute Gasteiger partial charge is 0.360 e. The van der Waals surface area contributed by atoms with Gasteiger partial charge in [0, 0.05) is 6.54 Å². The molecule has 0 aromatic carbocycles. The number of rotatable bonds is 4. The number of carbonyl (C=O) groups is 1. The van der Waals surface area contributed by atoms with Crippen molar-refractivity contribution < 1.29 is 9.53 Å². The molecule has 1 heterocycles. The molecule has 0 radical (unpaired) electrons.